The Hall–Kier alpha value is -4.86. The second kappa shape index (κ2) is 13.0. The van der Waals surface area contributed by atoms with Crippen LogP contribution in [-0.4, -0.2) is 26.9 Å². The first-order valence-corrected chi connectivity index (χ1v) is 13.4. The molecule has 0 spiro atoms. The molecule has 9 heteroatoms. The average Bonchev–Trinajstić information content (AvgIpc) is 3.45. The lowest BCUT2D eigenvalue weighted by atomic mass is 9.97. The highest BCUT2D eigenvalue weighted by Gasteiger charge is 2.32. The number of hydroxylamine groups is 1. The van der Waals surface area contributed by atoms with Crippen LogP contribution in [0.2, 0.25) is 0 Å². The van der Waals surface area contributed by atoms with Crippen LogP contribution in [0.5, 0.6) is 0 Å². The summed E-state index contributed by atoms with van der Waals surface area (Å²) >= 11 is 0. The van der Waals surface area contributed by atoms with Crippen LogP contribution in [0.15, 0.2) is 121 Å². The molecule has 41 heavy (non-hydrogen) atoms. The first-order valence-electron chi connectivity index (χ1n) is 13.4. The predicted molar refractivity (Wildman–Crippen MR) is 156 cm³/mol. The molecule has 2 unspecified atom stereocenters. The third-order valence-corrected chi connectivity index (χ3v) is 7.13. The molecule has 0 radical (unpaired) electrons. The van der Waals surface area contributed by atoms with Gasteiger partial charge in [-0.3, -0.25) is 35.4 Å². The van der Waals surface area contributed by atoms with Crippen LogP contribution in [0.3, 0.4) is 0 Å². The average molecular weight is 551 g/mol. The number of hydrogen-bond donors (Lipinski definition) is 1. The maximum absolute atomic E-state index is 11.2. The van der Waals surface area contributed by atoms with E-state index in [2.05, 4.69) is 40.7 Å². The molecular formula is C32H30N4O5. The molecule has 2 atom stereocenters. The number of benzene rings is 4. The van der Waals surface area contributed by atoms with Gasteiger partial charge < -0.3 is 0 Å². The largest absolute Gasteiger partial charge is 0.289 e. The first kappa shape index (κ1) is 27.7. The number of hydrogen-bond acceptors (Lipinski definition) is 7. The molecule has 208 valence electrons. The lowest BCUT2D eigenvalue weighted by Crippen LogP contribution is -2.44. The molecule has 1 aliphatic rings. The van der Waals surface area contributed by atoms with E-state index in [0.29, 0.717) is 25.9 Å². The van der Waals surface area contributed by atoms with Crippen molar-refractivity contribution in [3.8, 4) is 0 Å². The fraction of sp³-hybridized carbons (Fsp3) is 0.188. The minimum absolute atomic E-state index is 0.0355. The normalized spacial score (nSPS) is 15.2. The zero-order valence-corrected chi connectivity index (χ0v) is 22.3. The van der Waals surface area contributed by atoms with Crippen LogP contribution in [0.4, 0.5) is 11.4 Å². The number of nitrogens with one attached hydrogen (secondary N) is 1. The van der Waals surface area contributed by atoms with Gasteiger partial charge in [0, 0.05) is 55.5 Å². The highest BCUT2D eigenvalue weighted by molar-refractivity contribution is 5.35. The van der Waals surface area contributed by atoms with E-state index >= 15 is 0 Å². The van der Waals surface area contributed by atoms with Gasteiger partial charge in [0.1, 0.15) is 6.10 Å². The van der Waals surface area contributed by atoms with E-state index in [1.807, 2.05) is 36.4 Å². The number of nitro groups is 2. The molecule has 0 fully saturated rings. The van der Waals surface area contributed by atoms with Crippen molar-refractivity contribution in [2.45, 2.75) is 38.1 Å². The SMILES string of the molecule is O=[N+]([O-])c1ccc(CN(Cc2ccc([N+](=O)[O-])cc2)C(Cc2ccccc2)C2C=C(Cc3ccccc3)NO2)cc1. The standard InChI is InChI=1S/C32H30N4O5/c37-35(38)29-15-11-26(12-16-29)22-34(23-27-13-17-30(18-14-27)36(39)40)31(20-25-9-5-2-6-10-25)32-21-28(33-41-32)19-24-7-3-1-4-8-24/h1-18,21,31-33H,19-20,22-23H2. The Labute approximate surface area is 238 Å². The Bertz CT molecular complexity index is 1430. The molecule has 1 heterocycles. The molecule has 0 amide bonds. The number of rotatable bonds is 12. The summed E-state index contributed by atoms with van der Waals surface area (Å²) in [5.41, 5.74) is 8.31. The van der Waals surface area contributed by atoms with Crippen LogP contribution < -0.4 is 5.48 Å². The van der Waals surface area contributed by atoms with Crippen molar-refractivity contribution < 1.29 is 14.7 Å². The van der Waals surface area contributed by atoms with Gasteiger partial charge in [-0.25, -0.2) is 0 Å². The fourth-order valence-corrected chi connectivity index (χ4v) is 5.02. The molecule has 0 bridgehead atoms. The summed E-state index contributed by atoms with van der Waals surface area (Å²) in [7, 11) is 0. The van der Waals surface area contributed by atoms with E-state index < -0.39 is 9.85 Å². The fourth-order valence-electron chi connectivity index (χ4n) is 5.02. The van der Waals surface area contributed by atoms with Gasteiger partial charge in [0.15, 0.2) is 0 Å². The van der Waals surface area contributed by atoms with Gasteiger partial charge in [0.05, 0.1) is 9.85 Å². The maximum atomic E-state index is 11.2. The van der Waals surface area contributed by atoms with Gasteiger partial charge in [0.25, 0.3) is 11.4 Å². The molecule has 0 saturated carbocycles. The summed E-state index contributed by atoms with van der Waals surface area (Å²) in [6.07, 6.45) is 3.23. The van der Waals surface area contributed by atoms with Crippen LogP contribution in [0.25, 0.3) is 0 Å². The number of nitro benzene ring substituents is 2. The van der Waals surface area contributed by atoms with Crippen molar-refractivity contribution in [1.29, 1.82) is 0 Å². The molecule has 1 N–H and O–H groups in total. The smallest absolute Gasteiger partial charge is 0.269 e. The summed E-state index contributed by atoms with van der Waals surface area (Å²) in [6, 6.07) is 33.3. The highest BCUT2D eigenvalue weighted by Crippen LogP contribution is 2.26. The van der Waals surface area contributed by atoms with E-state index in [9.17, 15) is 20.2 Å². The van der Waals surface area contributed by atoms with Crippen LogP contribution in [0, 0.1) is 20.2 Å². The molecule has 9 nitrogen and oxygen atoms in total. The van der Waals surface area contributed by atoms with Crippen molar-refractivity contribution in [3.63, 3.8) is 0 Å². The number of non-ortho nitro benzene ring substituents is 2. The van der Waals surface area contributed by atoms with Gasteiger partial charge in [-0.1, -0.05) is 84.9 Å². The van der Waals surface area contributed by atoms with Crippen LogP contribution >= 0.6 is 0 Å². The van der Waals surface area contributed by atoms with Crippen molar-refractivity contribution >= 4 is 11.4 Å². The lowest BCUT2D eigenvalue weighted by Gasteiger charge is -2.34. The highest BCUT2D eigenvalue weighted by atomic mass is 16.7. The third kappa shape index (κ3) is 7.42. The second-order valence-corrected chi connectivity index (χ2v) is 10.0. The van der Waals surface area contributed by atoms with Crippen molar-refractivity contribution in [1.82, 2.24) is 10.4 Å². The van der Waals surface area contributed by atoms with Crippen molar-refractivity contribution in [3.05, 3.63) is 163 Å². The van der Waals surface area contributed by atoms with Crippen molar-refractivity contribution in [2.75, 3.05) is 0 Å². The summed E-state index contributed by atoms with van der Waals surface area (Å²) in [5, 5.41) is 22.4. The van der Waals surface area contributed by atoms with E-state index in [4.69, 9.17) is 4.84 Å². The van der Waals surface area contributed by atoms with Crippen molar-refractivity contribution in [2.24, 2.45) is 0 Å². The van der Waals surface area contributed by atoms with Gasteiger partial charge in [0.2, 0.25) is 0 Å². The molecule has 4 aromatic carbocycles. The summed E-state index contributed by atoms with van der Waals surface area (Å²) in [6.45, 7) is 0.988. The summed E-state index contributed by atoms with van der Waals surface area (Å²) in [4.78, 5) is 30.0. The quantitative estimate of drug-likeness (QED) is 0.166. The Morgan fingerprint density at radius 3 is 1.66 bits per heavy atom. The molecule has 0 saturated heterocycles. The first-order chi connectivity index (χ1) is 19.9. The molecule has 0 aromatic heterocycles. The molecule has 1 aliphatic heterocycles. The third-order valence-electron chi connectivity index (χ3n) is 7.13. The minimum atomic E-state index is -0.409. The van der Waals surface area contributed by atoms with Gasteiger partial charge in [-0.2, -0.15) is 0 Å². The summed E-state index contributed by atoms with van der Waals surface area (Å²) < 4.78 is 0. The zero-order valence-electron chi connectivity index (χ0n) is 22.3. The van der Waals surface area contributed by atoms with E-state index in [1.165, 1.54) is 29.8 Å². The van der Waals surface area contributed by atoms with Gasteiger partial charge in [-0.05, 0) is 34.8 Å². The van der Waals surface area contributed by atoms with Crippen LogP contribution in [0.1, 0.15) is 22.3 Å². The Morgan fingerprint density at radius 2 is 1.17 bits per heavy atom. The lowest BCUT2D eigenvalue weighted by molar-refractivity contribution is -0.385. The zero-order chi connectivity index (χ0) is 28.6. The Balaban J connectivity index is 1.47. The Kier molecular flexibility index (Phi) is 8.78. The molecular weight excluding hydrogens is 520 g/mol. The van der Waals surface area contributed by atoms with E-state index in [1.54, 1.807) is 24.3 Å². The monoisotopic (exact) mass is 550 g/mol. The number of allylic oxidation sites excluding steroid dienone is 1. The van der Waals surface area contributed by atoms with Gasteiger partial charge in [-0.15, -0.1) is 0 Å². The number of nitrogens with zero attached hydrogens (tertiary/aromatic N) is 3. The maximum Gasteiger partial charge on any atom is 0.269 e. The van der Waals surface area contributed by atoms with Crippen LogP contribution in [-0.2, 0) is 30.8 Å². The topological polar surface area (TPSA) is 111 Å². The predicted octanol–water partition coefficient (Wildman–Crippen LogP) is 6.15. The van der Waals surface area contributed by atoms with E-state index in [0.717, 1.165) is 22.4 Å². The summed E-state index contributed by atoms with van der Waals surface area (Å²) in [5.74, 6) is 0. The molecule has 4 aromatic rings. The second-order valence-electron chi connectivity index (χ2n) is 10.0. The minimum Gasteiger partial charge on any atom is -0.289 e. The molecule has 5 rings (SSSR count). The van der Waals surface area contributed by atoms with E-state index in [-0.39, 0.29) is 23.5 Å². The van der Waals surface area contributed by atoms with Gasteiger partial charge >= 0.3 is 0 Å². The molecule has 0 aliphatic carbocycles. The Morgan fingerprint density at radius 1 is 0.683 bits per heavy atom.